The highest BCUT2D eigenvalue weighted by Gasteiger charge is 2.16. The molecule has 1 aromatic rings. The average Bonchev–Trinajstić information content (AvgIpc) is 2.42. The van der Waals surface area contributed by atoms with Crippen LogP contribution >= 0.6 is 0 Å². The molecule has 114 valence electrons. The van der Waals surface area contributed by atoms with Gasteiger partial charge in [0.05, 0.1) is 0 Å². The van der Waals surface area contributed by atoms with E-state index in [9.17, 15) is 0 Å². The van der Waals surface area contributed by atoms with Crippen LogP contribution in [0.15, 0.2) is 24.3 Å². The zero-order chi connectivity index (χ0) is 15.2. The summed E-state index contributed by atoms with van der Waals surface area (Å²) in [5.74, 6) is 0. The van der Waals surface area contributed by atoms with Gasteiger partial charge in [-0.3, -0.25) is 0 Å². The van der Waals surface area contributed by atoms with Crippen LogP contribution in [0.1, 0.15) is 58.2 Å². The topological polar surface area (TPSA) is 15.3 Å². The van der Waals surface area contributed by atoms with Crippen LogP contribution in [0, 0.1) is 0 Å². The van der Waals surface area contributed by atoms with Crippen molar-refractivity contribution in [2.24, 2.45) is 0 Å². The van der Waals surface area contributed by atoms with Crippen LogP contribution in [-0.2, 0) is 5.41 Å². The highest BCUT2D eigenvalue weighted by molar-refractivity contribution is 5.29. The molecule has 1 atom stereocenters. The Morgan fingerprint density at radius 2 is 1.70 bits per heavy atom. The zero-order valence-electron chi connectivity index (χ0n) is 14.2. The number of hydrogen-bond donors (Lipinski definition) is 1. The summed E-state index contributed by atoms with van der Waals surface area (Å²) in [6.07, 6.45) is 1.22. The third-order valence-corrected chi connectivity index (χ3v) is 3.96. The van der Waals surface area contributed by atoms with Gasteiger partial charge in [-0.15, -0.1) is 0 Å². The van der Waals surface area contributed by atoms with Crippen molar-refractivity contribution < 1.29 is 0 Å². The van der Waals surface area contributed by atoms with E-state index in [2.05, 4.69) is 76.1 Å². The molecular formula is C18H32N2. The van der Waals surface area contributed by atoms with Gasteiger partial charge in [-0.25, -0.2) is 0 Å². The summed E-state index contributed by atoms with van der Waals surface area (Å²) in [6.45, 7) is 14.6. The Morgan fingerprint density at radius 3 is 2.10 bits per heavy atom. The lowest BCUT2D eigenvalue weighted by Gasteiger charge is -2.27. The summed E-state index contributed by atoms with van der Waals surface area (Å²) in [5.41, 5.74) is 3.01. The summed E-state index contributed by atoms with van der Waals surface area (Å²) in [4.78, 5) is 2.51. The van der Waals surface area contributed by atoms with E-state index in [1.54, 1.807) is 0 Å². The lowest BCUT2D eigenvalue weighted by Crippen LogP contribution is -2.34. The highest BCUT2D eigenvalue weighted by atomic mass is 15.1. The predicted molar refractivity (Wildman–Crippen MR) is 89.3 cm³/mol. The van der Waals surface area contributed by atoms with E-state index in [1.807, 2.05) is 0 Å². The van der Waals surface area contributed by atoms with Gasteiger partial charge in [-0.05, 0) is 43.1 Å². The van der Waals surface area contributed by atoms with Crippen LogP contribution in [0.25, 0.3) is 0 Å². The van der Waals surface area contributed by atoms with Crippen molar-refractivity contribution in [1.82, 2.24) is 10.2 Å². The normalized spacial score (nSPS) is 13.8. The molecule has 1 unspecified atom stereocenters. The first-order valence-corrected chi connectivity index (χ1v) is 7.92. The molecule has 0 radical (unpaired) electrons. The van der Waals surface area contributed by atoms with Crippen LogP contribution in [0.3, 0.4) is 0 Å². The van der Waals surface area contributed by atoms with E-state index in [-0.39, 0.29) is 5.41 Å². The Kier molecular flexibility index (Phi) is 6.70. The fourth-order valence-corrected chi connectivity index (χ4v) is 2.53. The molecule has 20 heavy (non-hydrogen) atoms. The molecule has 0 aliphatic carbocycles. The van der Waals surface area contributed by atoms with Gasteiger partial charge >= 0.3 is 0 Å². The highest BCUT2D eigenvalue weighted by Crippen LogP contribution is 2.24. The molecule has 0 aromatic heterocycles. The maximum absolute atomic E-state index is 3.46. The van der Waals surface area contributed by atoms with Gasteiger partial charge in [0.1, 0.15) is 0 Å². The molecule has 0 spiro atoms. The van der Waals surface area contributed by atoms with Gasteiger partial charge in [-0.2, -0.15) is 0 Å². The SMILES string of the molecule is CCCN(CC)CC(NC)c1ccc(C(C)(C)C)cc1. The second kappa shape index (κ2) is 7.80. The number of likely N-dealkylation sites (N-methyl/N-ethyl adjacent to an activating group) is 2. The first-order valence-electron chi connectivity index (χ1n) is 7.92. The van der Waals surface area contributed by atoms with Crippen LogP contribution in [0.4, 0.5) is 0 Å². The molecule has 0 saturated heterocycles. The van der Waals surface area contributed by atoms with Crippen molar-refractivity contribution in [1.29, 1.82) is 0 Å². The molecule has 1 N–H and O–H groups in total. The average molecular weight is 276 g/mol. The van der Waals surface area contributed by atoms with Crippen molar-refractivity contribution in [2.75, 3.05) is 26.7 Å². The Morgan fingerprint density at radius 1 is 1.10 bits per heavy atom. The first-order chi connectivity index (χ1) is 9.42. The fourth-order valence-electron chi connectivity index (χ4n) is 2.53. The van der Waals surface area contributed by atoms with E-state index < -0.39 is 0 Å². The minimum atomic E-state index is 0.228. The van der Waals surface area contributed by atoms with Crippen LogP contribution in [-0.4, -0.2) is 31.6 Å². The Balaban J connectivity index is 2.79. The summed E-state index contributed by atoms with van der Waals surface area (Å²) < 4.78 is 0. The Bertz CT molecular complexity index is 375. The third-order valence-electron chi connectivity index (χ3n) is 3.96. The lowest BCUT2D eigenvalue weighted by atomic mass is 9.86. The van der Waals surface area contributed by atoms with Gasteiger partial charge in [0.25, 0.3) is 0 Å². The number of nitrogens with zero attached hydrogens (tertiary/aromatic N) is 1. The number of rotatable bonds is 7. The summed E-state index contributed by atoms with van der Waals surface area (Å²) in [7, 11) is 2.06. The van der Waals surface area contributed by atoms with Crippen molar-refractivity contribution in [3.63, 3.8) is 0 Å². The maximum Gasteiger partial charge on any atom is 0.0446 e. The maximum atomic E-state index is 3.46. The second-order valence-corrected chi connectivity index (χ2v) is 6.61. The standard InChI is InChI=1S/C18H32N2/c1-7-13-20(8-2)14-17(19-6)15-9-11-16(12-10-15)18(3,4)5/h9-12,17,19H,7-8,13-14H2,1-6H3. The van der Waals surface area contributed by atoms with E-state index in [4.69, 9.17) is 0 Å². The van der Waals surface area contributed by atoms with Crippen LogP contribution in [0.2, 0.25) is 0 Å². The largest absolute Gasteiger partial charge is 0.312 e. The quantitative estimate of drug-likeness (QED) is 0.810. The number of nitrogens with one attached hydrogen (secondary N) is 1. The van der Waals surface area contributed by atoms with E-state index in [1.165, 1.54) is 24.1 Å². The molecular weight excluding hydrogens is 244 g/mol. The minimum Gasteiger partial charge on any atom is -0.312 e. The molecule has 0 fully saturated rings. The van der Waals surface area contributed by atoms with Gasteiger partial charge in [0, 0.05) is 12.6 Å². The van der Waals surface area contributed by atoms with Crippen molar-refractivity contribution >= 4 is 0 Å². The molecule has 0 bridgehead atoms. The van der Waals surface area contributed by atoms with Crippen LogP contribution < -0.4 is 5.32 Å². The third kappa shape index (κ3) is 4.92. The van der Waals surface area contributed by atoms with Gasteiger partial charge in [-0.1, -0.05) is 58.9 Å². The second-order valence-electron chi connectivity index (χ2n) is 6.61. The molecule has 0 aliphatic rings. The zero-order valence-corrected chi connectivity index (χ0v) is 14.2. The molecule has 1 rings (SSSR count). The first kappa shape index (κ1) is 17.2. The number of hydrogen-bond acceptors (Lipinski definition) is 2. The van der Waals surface area contributed by atoms with Crippen LogP contribution in [0.5, 0.6) is 0 Å². The van der Waals surface area contributed by atoms with Crippen molar-refractivity contribution in [3.05, 3.63) is 35.4 Å². The minimum absolute atomic E-state index is 0.228. The summed E-state index contributed by atoms with van der Waals surface area (Å²) >= 11 is 0. The van der Waals surface area contributed by atoms with E-state index in [0.717, 1.165) is 13.1 Å². The smallest absolute Gasteiger partial charge is 0.0446 e. The van der Waals surface area contributed by atoms with E-state index >= 15 is 0 Å². The summed E-state index contributed by atoms with van der Waals surface area (Å²) in [6, 6.07) is 9.52. The Hall–Kier alpha value is -0.860. The van der Waals surface area contributed by atoms with E-state index in [0.29, 0.717) is 6.04 Å². The molecule has 0 heterocycles. The molecule has 0 saturated carbocycles. The van der Waals surface area contributed by atoms with Crippen molar-refractivity contribution in [2.45, 2.75) is 52.5 Å². The van der Waals surface area contributed by atoms with Gasteiger partial charge in [0.15, 0.2) is 0 Å². The molecule has 1 aromatic carbocycles. The lowest BCUT2D eigenvalue weighted by molar-refractivity contribution is 0.259. The number of benzene rings is 1. The van der Waals surface area contributed by atoms with Gasteiger partial charge < -0.3 is 10.2 Å². The summed E-state index contributed by atoms with van der Waals surface area (Å²) in [5, 5.41) is 3.46. The fraction of sp³-hybridized carbons (Fsp3) is 0.667. The molecule has 2 heteroatoms. The predicted octanol–water partition coefficient (Wildman–Crippen LogP) is 3.98. The molecule has 0 aliphatic heterocycles. The van der Waals surface area contributed by atoms with Crippen molar-refractivity contribution in [3.8, 4) is 0 Å². The molecule has 0 amide bonds. The molecule has 2 nitrogen and oxygen atoms in total. The monoisotopic (exact) mass is 276 g/mol. The Labute approximate surface area is 125 Å². The van der Waals surface area contributed by atoms with Gasteiger partial charge in [0.2, 0.25) is 0 Å².